The summed E-state index contributed by atoms with van der Waals surface area (Å²) in [5.74, 6) is 0.590. The second kappa shape index (κ2) is 11.1. The lowest BCUT2D eigenvalue weighted by molar-refractivity contribution is 0.306. The van der Waals surface area contributed by atoms with Crippen molar-refractivity contribution in [1.82, 2.24) is 14.5 Å². The van der Waals surface area contributed by atoms with E-state index in [1.807, 2.05) is 12.1 Å². The van der Waals surface area contributed by atoms with E-state index >= 15 is 0 Å². The highest BCUT2D eigenvalue weighted by molar-refractivity contribution is 5.98. The van der Waals surface area contributed by atoms with Crippen LogP contribution in [-0.4, -0.2) is 14.5 Å². The minimum Gasteiger partial charge on any atom is -0.309 e. The Labute approximate surface area is 315 Å². The van der Waals surface area contributed by atoms with E-state index in [9.17, 15) is 0 Å². The highest BCUT2D eigenvalue weighted by Gasteiger charge is 2.55. The number of hydrogen-bond donors (Lipinski definition) is 0. The zero-order valence-electron chi connectivity index (χ0n) is 30.1. The molecule has 8 aromatic rings. The molecule has 4 aliphatic rings. The van der Waals surface area contributed by atoms with Gasteiger partial charge in [0.25, 0.3) is 0 Å². The normalized spacial score (nSPS) is 20.2. The summed E-state index contributed by atoms with van der Waals surface area (Å²) in [5, 5.41) is 1.34. The molecular formula is C51H37N3. The molecule has 0 saturated carbocycles. The first-order chi connectivity index (χ1) is 26.7. The van der Waals surface area contributed by atoms with Gasteiger partial charge in [-0.25, -0.2) is 9.97 Å². The summed E-state index contributed by atoms with van der Waals surface area (Å²) in [5.41, 5.74) is 21.3. The van der Waals surface area contributed by atoms with Gasteiger partial charge < -0.3 is 4.57 Å². The molecule has 0 saturated heterocycles. The first-order valence-corrected chi connectivity index (χ1v) is 19.4. The van der Waals surface area contributed by atoms with Gasteiger partial charge in [-0.1, -0.05) is 134 Å². The third-order valence-electron chi connectivity index (χ3n) is 13.1. The van der Waals surface area contributed by atoms with Gasteiger partial charge in [0.2, 0.25) is 0 Å². The third-order valence-corrected chi connectivity index (χ3v) is 13.1. The number of rotatable bonds is 3. The van der Waals surface area contributed by atoms with Crippen molar-refractivity contribution in [2.75, 3.05) is 0 Å². The first-order valence-electron chi connectivity index (χ1n) is 19.4. The average molecular weight is 692 g/mol. The Hall–Kier alpha value is -6.32. The maximum atomic E-state index is 5.24. The van der Waals surface area contributed by atoms with Gasteiger partial charge in [-0.15, -0.1) is 0 Å². The first kappa shape index (κ1) is 30.2. The van der Waals surface area contributed by atoms with Gasteiger partial charge in [-0.05, 0) is 100 Å². The Morgan fingerprint density at radius 3 is 2.19 bits per heavy atom. The van der Waals surface area contributed by atoms with E-state index in [2.05, 4.69) is 157 Å². The minimum absolute atomic E-state index is 0.126. The van der Waals surface area contributed by atoms with E-state index in [0.29, 0.717) is 5.92 Å². The monoisotopic (exact) mass is 691 g/mol. The van der Waals surface area contributed by atoms with Gasteiger partial charge in [0, 0.05) is 33.5 Å². The number of aromatic nitrogens is 3. The zero-order valence-corrected chi connectivity index (χ0v) is 30.1. The fourth-order valence-corrected chi connectivity index (χ4v) is 10.8. The number of nitrogens with zero attached hydrogens (tertiary/aromatic N) is 3. The highest BCUT2D eigenvalue weighted by Crippen LogP contribution is 2.66. The molecule has 0 aliphatic heterocycles. The predicted molar refractivity (Wildman–Crippen MR) is 221 cm³/mol. The Balaban J connectivity index is 1.10. The molecule has 3 unspecified atom stereocenters. The standard InChI is InChI=1S/C51H37N3/c1-51-41-22-9-7-18-38(41)50-46(47(51)37-21-13-20-35-34-16-5-6-17-36(34)42(51)30-40(35)37)39-19-8-12-25-45(39)54(50)33-28-26-32(27-29-33)49-48(31-14-3-2-4-15-31)52-43-23-10-11-24-44(43)53-49/h2-3,5-14,16-29,42,47H,4,15,30H2,1H3. The summed E-state index contributed by atoms with van der Waals surface area (Å²) in [6, 6.07) is 52.0. The van der Waals surface area contributed by atoms with Gasteiger partial charge in [-0.2, -0.15) is 0 Å². The Morgan fingerprint density at radius 2 is 1.35 bits per heavy atom. The van der Waals surface area contributed by atoms with Crippen molar-refractivity contribution in [2.45, 2.75) is 43.4 Å². The molecule has 0 spiro atoms. The van der Waals surface area contributed by atoms with E-state index < -0.39 is 0 Å². The SMILES string of the molecule is CC12c3ccccc3-c3c(c4ccccc4n3-c3ccc(-c4nc5ccccc5nc4C4=CC=CCC4)cc3)C1c1cccc3c1CC2c1ccccc1-3. The van der Waals surface area contributed by atoms with Crippen LogP contribution in [-0.2, 0) is 11.8 Å². The predicted octanol–water partition coefficient (Wildman–Crippen LogP) is 12.4. The third kappa shape index (κ3) is 3.96. The number of para-hydroxylation sites is 3. The maximum Gasteiger partial charge on any atom is 0.0969 e. The van der Waals surface area contributed by atoms with Gasteiger partial charge in [0.15, 0.2) is 0 Å². The van der Waals surface area contributed by atoms with Gasteiger partial charge in [0.1, 0.15) is 0 Å². The summed E-state index contributed by atoms with van der Waals surface area (Å²) in [6.45, 7) is 2.57. The largest absolute Gasteiger partial charge is 0.309 e. The van der Waals surface area contributed by atoms with E-state index in [0.717, 1.165) is 52.9 Å². The number of hydrogen-bond acceptors (Lipinski definition) is 2. The van der Waals surface area contributed by atoms with Crippen LogP contribution in [0.2, 0.25) is 0 Å². The molecule has 0 radical (unpaired) electrons. The molecule has 3 heteroatoms. The van der Waals surface area contributed by atoms with Crippen molar-refractivity contribution in [2.24, 2.45) is 0 Å². The summed E-state index contributed by atoms with van der Waals surface area (Å²) in [7, 11) is 0. The Bertz CT molecular complexity index is 2940. The molecule has 6 aromatic carbocycles. The van der Waals surface area contributed by atoms with E-state index in [1.54, 1.807) is 0 Å². The second-order valence-corrected chi connectivity index (χ2v) is 15.7. The molecule has 0 amide bonds. The lowest BCUT2D eigenvalue weighted by Crippen LogP contribution is -2.46. The van der Waals surface area contributed by atoms with Crippen molar-refractivity contribution in [3.8, 4) is 39.3 Å². The van der Waals surface area contributed by atoms with Crippen molar-refractivity contribution in [3.05, 3.63) is 191 Å². The summed E-state index contributed by atoms with van der Waals surface area (Å²) >= 11 is 0. The molecule has 54 heavy (non-hydrogen) atoms. The molecule has 0 fully saturated rings. The zero-order chi connectivity index (χ0) is 35.5. The van der Waals surface area contributed by atoms with E-state index in [1.165, 1.54) is 66.7 Å². The highest BCUT2D eigenvalue weighted by atomic mass is 15.0. The van der Waals surface area contributed by atoms with E-state index in [-0.39, 0.29) is 11.3 Å². The van der Waals surface area contributed by atoms with Crippen molar-refractivity contribution in [3.63, 3.8) is 0 Å². The summed E-state index contributed by atoms with van der Waals surface area (Å²) < 4.78 is 2.54. The Morgan fingerprint density at radius 1 is 0.648 bits per heavy atom. The van der Waals surface area contributed by atoms with Crippen molar-refractivity contribution >= 4 is 27.5 Å². The molecule has 3 nitrogen and oxygen atoms in total. The van der Waals surface area contributed by atoms with Crippen molar-refractivity contribution in [1.29, 1.82) is 0 Å². The van der Waals surface area contributed by atoms with Crippen LogP contribution in [0.1, 0.15) is 65.1 Å². The summed E-state index contributed by atoms with van der Waals surface area (Å²) in [4.78, 5) is 10.4. The quantitative estimate of drug-likeness (QED) is 0.185. The van der Waals surface area contributed by atoms with Crippen LogP contribution in [0.15, 0.2) is 158 Å². The topological polar surface area (TPSA) is 30.7 Å². The van der Waals surface area contributed by atoms with Crippen molar-refractivity contribution < 1.29 is 0 Å². The van der Waals surface area contributed by atoms with Gasteiger partial charge in [-0.3, -0.25) is 0 Å². The molecule has 256 valence electrons. The van der Waals surface area contributed by atoms with Gasteiger partial charge in [0.05, 0.1) is 33.6 Å². The van der Waals surface area contributed by atoms with Crippen LogP contribution in [0.25, 0.3) is 66.8 Å². The fraction of sp³-hybridized carbons (Fsp3) is 0.137. The van der Waals surface area contributed by atoms with Crippen LogP contribution in [0.4, 0.5) is 0 Å². The van der Waals surface area contributed by atoms with Crippen LogP contribution < -0.4 is 0 Å². The molecule has 0 N–H and O–H groups in total. The summed E-state index contributed by atoms with van der Waals surface area (Å²) in [6.07, 6.45) is 9.65. The van der Waals surface area contributed by atoms with Crippen LogP contribution >= 0.6 is 0 Å². The van der Waals surface area contributed by atoms with Gasteiger partial charge >= 0.3 is 0 Å². The molecular weight excluding hydrogens is 655 g/mol. The number of allylic oxidation sites excluding steroid dienone is 4. The Kier molecular flexibility index (Phi) is 6.20. The lowest BCUT2D eigenvalue weighted by Gasteiger charge is -2.54. The number of benzene rings is 6. The maximum absolute atomic E-state index is 5.24. The molecule has 2 heterocycles. The van der Waals surface area contributed by atoms with Crippen LogP contribution in [0.3, 0.4) is 0 Å². The smallest absolute Gasteiger partial charge is 0.0969 e. The fourth-order valence-electron chi connectivity index (χ4n) is 10.8. The lowest BCUT2D eigenvalue weighted by atomic mass is 9.48. The number of fused-ring (bicyclic) bond motifs is 15. The molecule has 4 aliphatic carbocycles. The second-order valence-electron chi connectivity index (χ2n) is 15.7. The molecule has 3 atom stereocenters. The minimum atomic E-state index is -0.126. The van der Waals surface area contributed by atoms with Crippen LogP contribution in [0.5, 0.6) is 0 Å². The average Bonchev–Trinajstić information content (AvgIpc) is 3.58. The van der Waals surface area contributed by atoms with E-state index in [4.69, 9.17) is 9.97 Å². The molecule has 2 bridgehead atoms. The van der Waals surface area contributed by atoms with Crippen LogP contribution in [0, 0.1) is 0 Å². The molecule has 2 aromatic heterocycles. The molecule has 12 rings (SSSR count).